The highest BCUT2D eigenvalue weighted by Gasteiger charge is 2.64. The number of alkyl halides is 1. The summed E-state index contributed by atoms with van der Waals surface area (Å²) < 4.78 is 4.69. The number of hydrogen-bond acceptors (Lipinski definition) is 2. The van der Waals surface area contributed by atoms with E-state index >= 15 is 0 Å². The molecule has 0 radical (unpaired) electrons. The monoisotopic (exact) mass is 218 g/mol. The van der Waals surface area contributed by atoms with E-state index < -0.39 is 0 Å². The maximum atomic E-state index is 11.1. The Labute approximate surface area is 74.4 Å². The molecule has 2 aliphatic rings. The lowest BCUT2D eigenvalue weighted by molar-refractivity contribution is -0.143. The molecule has 2 saturated carbocycles. The van der Waals surface area contributed by atoms with Crippen molar-refractivity contribution >= 4 is 21.9 Å². The quantitative estimate of drug-likeness (QED) is 0.495. The molecule has 2 nitrogen and oxygen atoms in total. The Hall–Kier alpha value is -0.0500. The van der Waals surface area contributed by atoms with E-state index in [0.29, 0.717) is 10.2 Å². The van der Waals surface area contributed by atoms with Crippen molar-refractivity contribution in [1.82, 2.24) is 0 Å². The van der Waals surface area contributed by atoms with Crippen LogP contribution in [-0.4, -0.2) is 17.9 Å². The fourth-order valence-electron chi connectivity index (χ4n) is 2.10. The predicted octanol–water partition coefficient (Wildman–Crippen LogP) is 1.72. The van der Waals surface area contributed by atoms with E-state index in [-0.39, 0.29) is 11.9 Å². The summed E-state index contributed by atoms with van der Waals surface area (Å²) in [6.45, 7) is 0. The molecule has 0 bridgehead atoms. The van der Waals surface area contributed by atoms with Crippen molar-refractivity contribution < 1.29 is 9.53 Å². The highest BCUT2D eigenvalue weighted by atomic mass is 79.9. The molecule has 0 N–H and O–H groups in total. The summed E-state index contributed by atoms with van der Waals surface area (Å²) in [4.78, 5) is 11.7. The minimum Gasteiger partial charge on any atom is -0.469 e. The van der Waals surface area contributed by atoms with Gasteiger partial charge in [-0.1, -0.05) is 15.9 Å². The largest absolute Gasteiger partial charge is 0.469 e. The molecule has 0 aromatic heterocycles. The van der Waals surface area contributed by atoms with Gasteiger partial charge in [0.1, 0.15) is 0 Å². The number of esters is 1. The molecule has 0 aliphatic heterocycles. The minimum atomic E-state index is -0.00981. The Kier molecular flexibility index (Phi) is 1.53. The Morgan fingerprint density at radius 1 is 1.55 bits per heavy atom. The maximum absolute atomic E-state index is 11.1. The highest BCUT2D eigenvalue weighted by Crippen LogP contribution is 2.67. The van der Waals surface area contributed by atoms with Gasteiger partial charge in [0.25, 0.3) is 0 Å². The normalized spacial score (nSPS) is 46.7. The van der Waals surface area contributed by atoms with E-state index in [1.807, 2.05) is 0 Å². The lowest BCUT2D eigenvalue weighted by Gasteiger charge is -2.32. The Morgan fingerprint density at radius 2 is 2.18 bits per heavy atom. The molecule has 0 saturated heterocycles. The van der Waals surface area contributed by atoms with E-state index in [1.165, 1.54) is 7.11 Å². The van der Waals surface area contributed by atoms with Crippen LogP contribution in [0.5, 0.6) is 0 Å². The standard InChI is InChI=1S/C8H11BrO2/c1-11-7(10)6-4-8(6)2-5(9)3-8/h5-6H,2-4H2,1H3. The Bertz CT molecular complexity index is 196. The molecule has 1 atom stereocenters. The number of ether oxygens (including phenoxy) is 1. The number of methoxy groups -OCH3 is 1. The van der Waals surface area contributed by atoms with Crippen molar-refractivity contribution in [2.75, 3.05) is 7.11 Å². The zero-order valence-corrected chi connectivity index (χ0v) is 8.06. The average Bonchev–Trinajstić information content (AvgIpc) is 2.61. The van der Waals surface area contributed by atoms with Gasteiger partial charge in [0.15, 0.2) is 0 Å². The molecule has 3 heteroatoms. The molecule has 62 valence electrons. The number of rotatable bonds is 1. The first-order chi connectivity index (χ1) is 5.18. The summed E-state index contributed by atoms with van der Waals surface area (Å²) in [7, 11) is 1.47. The Morgan fingerprint density at radius 3 is 2.64 bits per heavy atom. The molecular formula is C8H11BrO2. The van der Waals surface area contributed by atoms with Crippen LogP contribution >= 0.6 is 15.9 Å². The number of carbonyl (C=O) groups excluding carboxylic acids is 1. The first kappa shape index (κ1) is 7.59. The fraction of sp³-hybridized carbons (Fsp3) is 0.875. The van der Waals surface area contributed by atoms with Crippen LogP contribution in [0.1, 0.15) is 19.3 Å². The van der Waals surface area contributed by atoms with Crippen LogP contribution in [0.25, 0.3) is 0 Å². The number of carbonyl (C=O) groups is 1. The lowest BCUT2D eigenvalue weighted by atomic mass is 9.79. The summed E-state index contributed by atoms with van der Waals surface area (Å²) in [6.07, 6.45) is 3.38. The first-order valence-electron chi connectivity index (χ1n) is 3.90. The van der Waals surface area contributed by atoms with Crippen LogP contribution in [0.3, 0.4) is 0 Å². The molecule has 0 aromatic rings. The molecule has 11 heavy (non-hydrogen) atoms. The molecule has 1 spiro atoms. The SMILES string of the molecule is COC(=O)C1CC12CC(Br)C2. The van der Waals surface area contributed by atoms with E-state index in [9.17, 15) is 4.79 Å². The van der Waals surface area contributed by atoms with Crippen molar-refractivity contribution in [3.63, 3.8) is 0 Å². The smallest absolute Gasteiger partial charge is 0.309 e. The van der Waals surface area contributed by atoms with E-state index in [4.69, 9.17) is 0 Å². The zero-order chi connectivity index (χ0) is 8.06. The lowest BCUT2D eigenvalue weighted by Crippen LogP contribution is -2.29. The molecular weight excluding hydrogens is 208 g/mol. The number of hydrogen-bond donors (Lipinski definition) is 0. The third kappa shape index (κ3) is 1.01. The van der Waals surface area contributed by atoms with E-state index in [1.54, 1.807) is 0 Å². The van der Waals surface area contributed by atoms with Crippen LogP contribution in [0, 0.1) is 11.3 Å². The van der Waals surface area contributed by atoms with Gasteiger partial charge in [0.05, 0.1) is 13.0 Å². The van der Waals surface area contributed by atoms with Gasteiger partial charge in [0.2, 0.25) is 0 Å². The van der Waals surface area contributed by atoms with Gasteiger partial charge in [-0.15, -0.1) is 0 Å². The van der Waals surface area contributed by atoms with Gasteiger partial charge in [-0.25, -0.2) is 0 Å². The molecule has 2 aliphatic carbocycles. The van der Waals surface area contributed by atoms with Gasteiger partial charge in [-0.2, -0.15) is 0 Å². The molecule has 2 fully saturated rings. The summed E-state index contributed by atoms with van der Waals surface area (Å²) in [5.41, 5.74) is 0.362. The van der Waals surface area contributed by atoms with Gasteiger partial charge in [-0.05, 0) is 24.7 Å². The molecule has 0 amide bonds. The second-order valence-electron chi connectivity index (χ2n) is 3.65. The van der Waals surface area contributed by atoms with Gasteiger partial charge < -0.3 is 4.74 Å². The number of halogens is 1. The average molecular weight is 219 g/mol. The third-order valence-electron chi connectivity index (χ3n) is 2.93. The highest BCUT2D eigenvalue weighted by molar-refractivity contribution is 9.09. The molecule has 0 heterocycles. The first-order valence-corrected chi connectivity index (χ1v) is 4.81. The minimum absolute atomic E-state index is 0.00981. The van der Waals surface area contributed by atoms with Gasteiger partial charge in [0, 0.05) is 4.83 Å². The molecule has 0 aromatic carbocycles. The topological polar surface area (TPSA) is 26.3 Å². The summed E-state index contributed by atoms with van der Waals surface area (Å²) >= 11 is 3.52. The zero-order valence-electron chi connectivity index (χ0n) is 6.47. The van der Waals surface area contributed by atoms with Crippen molar-refractivity contribution in [3.8, 4) is 0 Å². The van der Waals surface area contributed by atoms with Crippen LogP contribution in [-0.2, 0) is 9.53 Å². The van der Waals surface area contributed by atoms with Crippen LogP contribution in [0.15, 0.2) is 0 Å². The summed E-state index contributed by atoms with van der Waals surface area (Å²) in [6, 6.07) is 0. The van der Waals surface area contributed by atoms with E-state index in [0.717, 1.165) is 19.3 Å². The van der Waals surface area contributed by atoms with Crippen LogP contribution < -0.4 is 0 Å². The van der Waals surface area contributed by atoms with Crippen LogP contribution in [0.2, 0.25) is 0 Å². The molecule has 1 unspecified atom stereocenters. The summed E-state index contributed by atoms with van der Waals surface area (Å²) in [5, 5.41) is 0. The van der Waals surface area contributed by atoms with Crippen molar-refractivity contribution in [1.29, 1.82) is 0 Å². The van der Waals surface area contributed by atoms with Crippen molar-refractivity contribution in [3.05, 3.63) is 0 Å². The van der Waals surface area contributed by atoms with Gasteiger partial charge in [-0.3, -0.25) is 4.79 Å². The second-order valence-corrected chi connectivity index (χ2v) is 4.94. The van der Waals surface area contributed by atoms with Gasteiger partial charge >= 0.3 is 5.97 Å². The Balaban J connectivity index is 1.91. The molecule has 2 rings (SSSR count). The maximum Gasteiger partial charge on any atom is 0.309 e. The van der Waals surface area contributed by atoms with E-state index in [2.05, 4.69) is 20.7 Å². The van der Waals surface area contributed by atoms with Crippen molar-refractivity contribution in [2.45, 2.75) is 24.1 Å². The predicted molar refractivity (Wildman–Crippen MR) is 44.5 cm³/mol. The van der Waals surface area contributed by atoms with Crippen molar-refractivity contribution in [2.24, 2.45) is 11.3 Å². The van der Waals surface area contributed by atoms with Crippen LogP contribution in [0.4, 0.5) is 0 Å². The third-order valence-corrected chi connectivity index (χ3v) is 3.58. The summed E-state index contributed by atoms with van der Waals surface area (Å²) in [5.74, 6) is 0.214. The fourth-order valence-corrected chi connectivity index (χ4v) is 3.39. The second kappa shape index (κ2) is 2.22.